The molecule has 0 atom stereocenters. The van der Waals surface area contributed by atoms with E-state index >= 15 is 0 Å². The van der Waals surface area contributed by atoms with Gasteiger partial charge in [0.2, 0.25) is 0 Å². The first kappa shape index (κ1) is 20.8. The Morgan fingerprint density at radius 1 is 1.11 bits per heavy atom. The minimum atomic E-state index is -3.98. The van der Waals surface area contributed by atoms with Crippen LogP contribution in [0, 0.1) is 0 Å². The fourth-order valence-corrected chi connectivity index (χ4v) is 4.58. The third-order valence-electron chi connectivity index (χ3n) is 4.55. The summed E-state index contributed by atoms with van der Waals surface area (Å²) in [4.78, 5) is 14.6. The Bertz CT molecular complexity index is 989. The molecule has 3 rings (SSSR count). The second-order valence-corrected chi connectivity index (χ2v) is 8.89. The number of nitrogens with zero attached hydrogens (tertiary/aromatic N) is 1. The van der Waals surface area contributed by atoms with E-state index in [1.165, 1.54) is 31.4 Å². The predicted molar refractivity (Wildman–Crippen MR) is 110 cm³/mol. The number of sulfonamides is 1. The minimum Gasteiger partial charge on any atom is -0.496 e. The minimum absolute atomic E-state index is 0.0651. The number of nitrogens with one attached hydrogen (secondary N) is 1. The first-order valence-electron chi connectivity index (χ1n) is 8.77. The number of likely N-dealkylation sites (tertiary alicyclic amines) is 1. The van der Waals surface area contributed by atoms with E-state index < -0.39 is 10.0 Å². The largest absolute Gasteiger partial charge is 0.496 e. The van der Waals surface area contributed by atoms with Gasteiger partial charge in [0.25, 0.3) is 15.9 Å². The van der Waals surface area contributed by atoms with Crippen LogP contribution < -0.4 is 9.46 Å². The van der Waals surface area contributed by atoms with Crippen molar-refractivity contribution in [3.8, 4) is 5.75 Å². The van der Waals surface area contributed by atoms with Gasteiger partial charge in [-0.1, -0.05) is 29.3 Å². The van der Waals surface area contributed by atoms with Crippen LogP contribution in [0.25, 0.3) is 0 Å². The molecule has 1 amide bonds. The SMILES string of the molecule is COc1ccc(S(=O)(=O)Nc2cccc(Cl)c2Cl)cc1C(=O)N1CCCCC1. The monoisotopic (exact) mass is 442 g/mol. The molecule has 0 aliphatic carbocycles. The molecule has 2 aromatic rings. The molecule has 0 spiro atoms. The van der Waals surface area contributed by atoms with Crippen LogP contribution in [-0.4, -0.2) is 39.4 Å². The number of rotatable bonds is 5. The smallest absolute Gasteiger partial charge is 0.261 e. The van der Waals surface area contributed by atoms with E-state index in [1.54, 1.807) is 17.0 Å². The van der Waals surface area contributed by atoms with Gasteiger partial charge in [0, 0.05) is 13.1 Å². The molecular formula is C19H20Cl2N2O4S. The molecule has 0 radical (unpaired) electrons. The van der Waals surface area contributed by atoms with Gasteiger partial charge < -0.3 is 9.64 Å². The molecule has 1 N–H and O–H groups in total. The van der Waals surface area contributed by atoms with Gasteiger partial charge in [-0.2, -0.15) is 0 Å². The number of halogens is 2. The van der Waals surface area contributed by atoms with Crippen molar-refractivity contribution >= 4 is 44.8 Å². The molecule has 0 aromatic heterocycles. The number of benzene rings is 2. The Kier molecular flexibility index (Phi) is 6.37. The van der Waals surface area contributed by atoms with E-state index in [1.807, 2.05) is 0 Å². The van der Waals surface area contributed by atoms with Crippen molar-refractivity contribution in [2.24, 2.45) is 0 Å². The number of carbonyl (C=O) groups is 1. The van der Waals surface area contributed by atoms with Gasteiger partial charge in [-0.15, -0.1) is 0 Å². The standard InChI is InChI=1S/C19H20Cl2N2O4S/c1-27-17-9-8-13(12-14(17)19(24)23-10-3-2-4-11-23)28(25,26)22-16-7-5-6-15(20)18(16)21/h5-9,12,22H,2-4,10-11H2,1H3. The van der Waals surface area contributed by atoms with Crippen molar-refractivity contribution in [3.63, 3.8) is 0 Å². The number of amides is 1. The number of carbonyl (C=O) groups excluding carboxylic acids is 1. The van der Waals surface area contributed by atoms with Crippen LogP contribution in [0.3, 0.4) is 0 Å². The Balaban J connectivity index is 1.95. The summed E-state index contributed by atoms with van der Waals surface area (Å²) in [5.41, 5.74) is 0.373. The lowest BCUT2D eigenvalue weighted by Gasteiger charge is -2.27. The first-order chi connectivity index (χ1) is 13.3. The molecule has 1 fully saturated rings. The lowest BCUT2D eigenvalue weighted by atomic mass is 10.1. The molecule has 0 unspecified atom stereocenters. The van der Waals surface area contributed by atoms with E-state index in [0.717, 1.165) is 19.3 Å². The van der Waals surface area contributed by atoms with Crippen LogP contribution in [0.5, 0.6) is 5.75 Å². The van der Waals surface area contributed by atoms with Gasteiger partial charge in [-0.05, 0) is 49.6 Å². The van der Waals surface area contributed by atoms with Crippen LogP contribution in [0.4, 0.5) is 5.69 Å². The number of anilines is 1. The fraction of sp³-hybridized carbons (Fsp3) is 0.316. The van der Waals surface area contributed by atoms with Crippen molar-refractivity contribution < 1.29 is 17.9 Å². The number of methoxy groups -OCH3 is 1. The normalized spacial score (nSPS) is 14.6. The van der Waals surface area contributed by atoms with Crippen LogP contribution >= 0.6 is 23.2 Å². The number of hydrogen-bond acceptors (Lipinski definition) is 4. The lowest BCUT2D eigenvalue weighted by Crippen LogP contribution is -2.35. The third-order valence-corrected chi connectivity index (χ3v) is 6.73. The zero-order chi connectivity index (χ0) is 20.3. The number of ether oxygens (including phenoxy) is 1. The van der Waals surface area contributed by atoms with Crippen molar-refractivity contribution in [1.82, 2.24) is 4.90 Å². The maximum atomic E-state index is 12.9. The van der Waals surface area contributed by atoms with Crippen molar-refractivity contribution in [3.05, 3.63) is 52.0 Å². The van der Waals surface area contributed by atoms with Gasteiger partial charge in [-0.3, -0.25) is 9.52 Å². The van der Waals surface area contributed by atoms with Crippen LogP contribution in [0.2, 0.25) is 10.0 Å². The average molecular weight is 443 g/mol. The van der Waals surface area contributed by atoms with E-state index in [0.29, 0.717) is 18.8 Å². The average Bonchev–Trinajstić information content (AvgIpc) is 2.71. The van der Waals surface area contributed by atoms with Gasteiger partial charge in [0.15, 0.2) is 0 Å². The predicted octanol–water partition coefficient (Wildman–Crippen LogP) is 4.43. The van der Waals surface area contributed by atoms with E-state index in [9.17, 15) is 13.2 Å². The molecule has 0 saturated carbocycles. The second kappa shape index (κ2) is 8.59. The molecule has 9 heteroatoms. The van der Waals surface area contributed by atoms with Crippen LogP contribution in [0.15, 0.2) is 41.3 Å². The highest BCUT2D eigenvalue weighted by Crippen LogP contribution is 2.32. The first-order valence-corrected chi connectivity index (χ1v) is 11.0. The molecule has 6 nitrogen and oxygen atoms in total. The van der Waals surface area contributed by atoms with Gasteiger partial charge >= 0.3 is 0 Å². The van der Waals surface area contributed by atoms with E-state index in [2.05, 4.69) is 4.72 Å². The summed E-state index contributed by atoms with van der Waals surface area (Å²) in [6, 6.07) is 8.85. The topological polar surface area (TPSA) is 75.7 Å². The highest BCUT2D eigenvalue weighted by Gasteiger charge is 2.25. The second-order valence-electron chi connectivity index (χ2n) is 6.42. The molecule has 28 heavy (non-hydrogen) atoms. The van der Waals surface area contributed by atoms with Gasteiger partial charge in [0.05, 0.1) is 33.3 Å². The molecule has 1 aliphatic rings. The molecule has 1 aliphatic heterocycles. The lowest BCUT2D eigenvalue weighted by molar-refractivity contribution is 0.0720. The Morgan fingerprint density at radius 3 is 2.50 bits per heavy atom. The highest BCUT2D eigenvalue weighted by atomic mass is 35.5. The summed E-state index contributed by atoms with van der Waals surface area (Å²) < 4.78 is 33.4. The van der Waals surface area contributed by atoms with Gasteiger partial charge in [0.1, 0.15) is 5.75 Å². The quantitative estimate of drug-likeness (QED) is 0.742. The highest BCUT2D eigenvalue weighted by molar-refractivity contribution is 7.92. The zero-order valence-electron chi connectivity index (χ0n) is 15.2. The summed E-state index contributed by atoms with van der Waals surface area (Å²) >= 11 is 12.0. The Labute approximate surface area is 174 Å². The molecule has 1 saturated heterocycles. The molecule has 1 heterocycles. The summed E-state index contributed by atoms with van der Waals surface area (Å²) in [5.74, 6) is 0.0877. The number of piperidine rings is 1. The summed E-state index contributed by atoms with van der Waals surface area (Å²) in [7, 11) is -2.54. The summed E-state index contributed by atoms with van der Waals surface area (Å²) in [5, 5.41) is 0.337. The fourth-order valence-electron chi connectivity index (χ4n) is 3.08. The van der Waals surface area contributed by atoms with Crippen LogP contribution in [0.1, 0.15) is 29.6 Å². The summed E-state index contributed by atoms with van der Waals surface area (Å²) in [6.45, 7) is 1.30. The molecule has 150 valence electrons. The van der Waals surface area contributed by atoms with E-state index in [4.69, 9.17) is 27.9 Å². The summed E-state index contributed by atoms with van der Waals surface area (Å²) in [6.07, 6.45) is 2.95. The zero-order valence-corrected chi connectivity index (χ0v) is 17.6. The third kappa shape index (κ3) is 4.37. The van der Waals surface area contributed by atoms with Crippen molar-refractivity contribution in [2.75, 3.05) is 24.9 Å². The molecule has 2 aromatic carbocycles. The molecular weight excluding hydrogens is 423 g/mol. The van der Waals surface area contributed by atoms with Crippen LogP contribution in [-0.2, 0) is 10.0 Å². The number of hydrogen-bond donors (Lipinski definition) is 1. The van der Waals surface area contributed by atoms with E-state index in [-0.39, 0.29) is 32.1 Å². The maximum Gasteiger partial charge on any atom is 0.261 e. The van der Waals surface area contributed by atoms with Crippen molar-refractivity contribution in [1.29, 1.82) is 0 Å². The Hall–Kier alpha value is -1.96. The molecule has 0 bridgehead atoms. The Morgan fingerprint density at radius 2 is 1.82 bits per heavy atom. The van der Waals surface area contributed by atoms with Crippen molar-refractivity contribution in [2.45, 2.75) is 24.2 Å². The maximum absolute atomic E-state index is 12.9. The van der Waals surface area contributed by atoms with Gasteiger partial charge in [-0.25, -0.2) is 8.42 Å².